The first-order valence-electron chi connectivity index (χ1n) is 4.61. The van der Waals surface area contributed by atoms with Gasteiger partial charge in [-0.1, -0.05) is 0 Å². The maximum absolute atomic E-state index is 10.4. The second kappa shape index (κ2) is 4.39. The molecule has 13 heavy (non-hydrogen) atoms. The number of likely N-dealkylation sites (tertiary alicyclic amines) is 1. The maximum Gasteiger partial charge on any atom is 0.264 e. The Labute approximate surface area is 79.7 Å². The van der Waals surface area contributed by atoms with Crippen molar-refractivity contribution in [3.05, 3.63) is 0 Å². The molecule has 0 saturated carbocycles. The molecule has 1 saturated heterocycles. The van der Waals surface area contributed by atoms with Crippen LogP contribution in [0.15, 0.2) is 0 Å². The molecular weight excluding hydrogens is 190 g/mol. The van der Waals surface area contributed by atoms with E-state index in [2.05, 4.69) is 11.9 Å². The third-order valence-electron chi connectivity index (χ3n) is 2.50. The van der Waals surface area contributed by atoms with E-state index >= 15 is 0 Å². The van der Waals surface area contributed by atoms with Crippen molar-refractivity contribution in [3.63, 3.8) is 0 Å². The van der Waals surface area contributed by atoms with Crippen molar-refractivity contribution in [1.82, 2.24) is 4.90 Å². The van der Waals surface area contributed by atoms with Crippen molar-refractivity contribution in [2.24, 2.45) is 5.92 Å². The van der Waals surface area contributed by atoms with Gasteiger partial charge in [-0.2, -0.15) is 8.42 Å². The molecule has 0 amide bonds. The average molecular weight is 207 g/mol. The van der Waals surface area contributed by atoms with Crippen LogP contribution in [0.2, 0.25) is 0 Å². The monoisotopic (exact) mass is 207 g/mol. The molecule has 1 unspecified atom stereocenters. The highest BCUT2D eigenvalue weighted by molar-refractivity contribution is 7.85. The molecule has 0 aromatic rings. The molecule has 1 N–H and O–H groups in total. The maximum atomic E-state index is 10.4. The van der Waals surface area contributed by atoms with Crippen LogP contribution in [0, 0.1) is 5.92 Å². The summed E-state index contributed by atoms with van der Waals surface area (Å²) in [5.74, 6) is 0.527. The van der Waals surface area contributed by atoms with Crippen molar-refractivity contribution in [1.29, 1.82) is 0 Å². The predicted molar refractivity (Wildman–Crippen MR) is 51.3 cm³/mol. The predicted octanol–water partition coefficient (Wildman–Crippen LogP) is 0.606. The number of hydrogen-bond acceptors (Lipinski definition) is 3. The van der Waals surface area contributed by atoms with Gasteiger partial charge in [0, 0.05) is 6.54 Å². The molecule has 0 bridgehead atoms. The van der Waals surface area contributed by atoms with E-state index in [0.717, 1.165) is 25.9 Å². The SMILES string of the molecule is CN1CCC(CCCS(=O)(=O)O)C1. The van der Waals surface area contributed by atoms with Gasteiger partial charge in [-0.3, -0.25) is 4.55 Å². The fraction of sp³-hybridized carbons (Fsp3) is 1.00. The molecule has 1 atom stereocenters. The van der Waals surface area contributed by atoms with Gasteiger partial charge in [-0.25, -0.2) is 0 Å². The van der Waals surface area contributed by atoms with Crippen molar-refractivity contribution in [2.75, 3.05) is 25.9 Å². The van der Waals surface area contributed by atoms with Gasteiger partial charge in [0.25, 0.3) is 10.1 Å². The minimum absolute atomic E-state index is 0.0901. The highest BCUT2D eigenvalue weighted by Crippen LogP contribution is 2.19. The van der Waals surface area contributed by atoms with Gasteiger partial charge in [0.1, 0.15) is 0 Å². The van der Waals surface area contributed by atoms with Crippen molar-refractivity contribution < 1.29 is 13.0 Å². The Morgan fingerprint density at radius 1 is 1.54 bits per heavy atom. The molecule has 0 aliphatic carbocycles. The minimum atomic E-state index is -3.74. The summed E-state index contributed by atoms with van der Waals surface area (Å²) in [7, 11) is -1.67. The first kappa shape index (κ1) is 10.9. The van der Waals surface area contributed by atoms with Crippen LogP contribution in [0.25, 0.3) is 0 Å². The summed E-state index contributed by atoms with van der Waals surface area (Å²) in [6.07, 6.45) is 2.64. The lowest BCUT2D eigenvalue weighted by molar-refractivity contribution is 0.386. The van der Waals surface area contributed by atoms with Gasteiger partial charge in [-0.15, -0.1) is 0 Å². The van der Waals surface area contributed by atoms with Crippen LogP contribution in [-0.2, 0) is 10.1 Å². The molecule has 5 heteroatoms. The van der Waals surface area contributed by atoms with E-state index in [1.54, 1.807) is 0 Å². The van der Waals surface area contributed by atoms with Gasteiger partial charge in [0.2, 0.25) is 0 Å². The molecule has 0 aromatic carbocycles. The fourth-order valence-electron chi connectivity index (χ4n) is 1.82. The van der Waals surface area contributed by atoms with Gasteiger partial charge in [0.15, 0.2) is 0 Å². The molecule has 78 valence electrons. The molecule has 0 aromatic heterocycles. The third kappa shape index (κ3) is 4.59. The highest BCUT2D eigenvalue weighted by atomic mass is 32.2. The molecule has 1 rings (SSSR count). The summed E-state index contributed by atoms with van der Waals surface area (Å²) in [6, 6.07) is 0. The van der Waals surface area contributed by atoms with Crippen LogP contribution in [0.3, 0.4) is 0 Å². The Morgan fingerprint density at radius 3 is 2.69 bits per heavy atom. The molecule has 4 nitrogen and oxygen atoms in total. The molecule has 0 spiro atoms. The topological polar surface area (TPSA) is 57.6 Å². The Bertz CT molecular complexity index is 250. The molecular formula is C8H17NO3S. The van der Waals surface area contributed by atoms with E-state index in [-0.39, 0.29) is 5.75 Å². The first-order chi connectivity index (χ1) is 5.97. The van der Waals surface area contributed by atoms with Crippen LogP contribution >= 0.6 is 0 Å². The molecule has 1 fully saturated rings. The van der Waals surface area contributed by atoms with Crippen molar-refractivity contribution >= 4 is 10.1 Å². The largest absolute Gasteiger partial charge is 0.306 e. The number of nitrogens with zero attached hydrogens (tertiary/aromatic N) is 1. The van der Waals surface area contributed by atoms with Gasteiger partial charge in [-0.05, 0) is 38.8 Å². The van der Waals surface area contributed by atoms with E-state index in [9.17, 15) is 8.42 Å². The Kier molecular flexibility index (Phi) is 3.70. The summed E-state index contributed by atoms with van der Waals surface area (Å²) in [5.41, 5.74) is 0. The summed E-state index contributed by atoms with van der Waals surface area (Å²) < 4.78 is 29.3. The zero-order valence-electron chi connectivity index (χ0n) is 7.94. The van der Waals surface area contributed by atoms with Crippen molar-refractivity contribution in [3.8, 4) is 0 Å². The Morgan fingerprint density at radius 2 is 2.23 bits per heavy atom. The van der Waals surface area contributed by atoms with Crippen LogP contribution < -0.4 is 0 Å². The van der Waals surface area contributed by atoms with Crippen molar-refractivity contribution in [2.45, 2.75) is 19.3 Å². The van der Waals surface area contributed by atoms with Crippen LogP contribution in [0.1, 0.15) is 19.3 Å². The summed E-state index contributed by atoms with van der Waals surface area (Å²) >= 11 is 0. The third-order valence-corrected chi connectivity index (χ3v) is 3.31. The normalized spacial score (nSPS) is 25.2. The van der Waals surface area contributed by atoms with Crippen LogP contribution in [0.5, 0.6) is 0 Å². The van der Waals surface area contributed by atoms with Crippen LogP contribution in [-0.4, -0.2) is 43.8 Å². The van der Waals surface area contributed by atoms with E-state index in [1.165, 1.54) is 0 Å². The molecule has 1 heterocycles. The van der Waals surface area contributed by atoms with E-state index in [0.29, 0.717) is 12.3 Å². The smallest absolute Gasteiger partial charge is 0.264 e. The highest BCUT2D eigenvalue weighted by Gasteiger charge is 2.19. The average Bonchev–Trinajstić information content (AvgIpc) is 2.33. The van der Waals surface area contributed by atoms with Crippen LogP contribution in [0.4, 0.5) is 0 Å². The second-order valence-corrected chi connectivity index (χ2v) is 5.42. The summed E-state index contributed by atoms with van der Waals surface area (Å²) in [5, 5.41) is 0. The molecule has 0 radical (unpaired) electrons. The first-order valence-corrected chi connectivity index (χ1v) is 6.22. The fourth-order valence-corrected chi connectivity index (χ4v) is 2.35. The molecule has 1 aliphatic heterocycles. The lowest BCUT2D eigenvalue weighted by atomic mass is 10.0. The number of rotatable bonds is 4. The Balaban J connectivity index is 2.14. The van der Waals surface area contributed by atoms with E-state index in [4.69, 9.17) is 4.55 Å². The van der Waals surface area contributed by atoms with Gasteiger partial charge in [0.05, 0.1) is 5.75 Å². The van der Waals surface area contributed by atoms with Gasteiger partial charge < -0.3 is 4.90 Å². The standard InChI is InChI=1S/C8H17NO3S/c1-9-5-4-8(7-9)3-2-6-13(10,11)12/h8H,2-7H2,1H3,(H,10,11,12). The lowest BCUT2D eigenvalue weighted by Gasteiger charge is -2.08. The number of hydrogen-bond donors (Lipinski definition) is 1. The van der Waals surface area contributed by atoms with E-state index < -0.39 is 10.1 Å². The zero-order chi connectivity index (χ0) is 9.90. The lowest BCUT2D eigenvalue weighted by Crippen LogP contribution is -2.14. The minimum Gasteiger partial charge on any atom is -0.306 e. The summed E-state index contributed by atoms with van der Waals surface area (Å²) in [6.45, 7) is 2.17. The summed E-state index contributed by atoms with van der Waals surface area (Å²) in [4.78, 5) is 2.25. The van der Waals surface area contributed by atoms with E-state index in [1.807, 2.05) is 0 Å². The Hall–Kier alpha value is -0.130. The molecule has 1 aliphatic rings. The second-order valence-electron chi connectivity index (χ2n) is 3.85. The zero-order valence-corrected chi connectivity index (χ0v) is 8.76. The van der Waals surface area contributed by atoms with Gasteiger partial charge >= 0.3 is 0 Å². The quantitative estimate of drug-likeness (QED) is 0.686.